The van der Waals surface area contributed by atoms with Gasteiger partial charge in [0.05, 0.1) is 17.6 Å². The summed E-state index contributed by atoms with van der Waals surface area (Å²) in [4.78, 5) is 28.8. The number of carbonyl (C=O) groups excluding carboxylic acids is 1. The number of ether oxygens (including phenoxy) is 1. The van der Waals surface area contributed by atoms with Gasteiger partial charge < -0.3 is 20.0 Å². The lowest BCUT2D eigenvalue weighted by molar-refractivity contribution is -0.116. The van der Waals surface area contributed by atoms with E-state index in [1.165, 1.54) is 0 Å². The first kappa shape index (κ1) is 15.9. The van der Waals surface area contributed by atoms with Gasteiger partial charge in [0.25, 0.3) is 0 Å². The molecule has 0 unspecified atom stereocenters. The Balaban J connectivity index is 1.63. The second-order valence-corrected chi connectivity index (χ2v) is 5.43. The van der Waals surface area contributed by atoms with Crippen molar-refractivity contribution in [2.45, 2.75) is 19.8 Å². The zero-order chi connectivity index (χ0) is 16.9. The van der Waals surface area contributed by atoms with E-state index >= 15 is 0 Å². The van der Waals surface area contributed by atoms with Gasteiger partial charge in [-0.05, 0) is 43.2 Å². The van der Waals surface area contributed by atoms with Crippen LogP contribution in [0.25, 0.3) is 11.0 Å². The molecule has 0 fully saturated rings. The molecule has 6 nitrogen and oxygen atoms in total. The third-order valence-corrected chi connectivity index (χ3v) is 3.69. The molecule has 0 radical (unpaired) electrons. The second-order valence-electron chi connectivity index (χ2n) is 5.43. The van der Waals surface area contributed by atoms with Crippen molar-refractivity contribution in [1.82, 2.24) is 9.97 Å². The van der Waals surface area contributed by atoms with Gasteiger partial charge in [0.2, 0.25) is 5.91 Å². The van der Waals surface area contributed by atoms with Gasteiger partial charge in [-0.1, -0.05) is 18.2 Å². The standard InChI is InChI=1S/C18H19N3O3/c1-2-24-16-6-4-3-5-12(16)7-10-17(22)19-13-8-9-14-15(11-13)21-18(23)20-14/h3-6,8-9,11H,2,7,10H2,1H3,(H,19,22)(H2,20,21,23). The first-order chi connectivity index (χ1) is 11.7. The molecule has 6 heteroatoms. The van der Waals surface area contributed by atoms with E-state index in [1.54, 1.807) is 18.2 Å². The lowest BCUT2D eigenvalue weighted by Crippen LogP contribution is -2.12. The van der Waals surface area contributed by atoms with Gasteiger partial charge in [0.15, 0.2) is 0 Å². The summed E-state index contributed by atoms with van der Waals surface area (Å²) in [5, 5.41) is 2.85. The number of hydrogen-bond acceptors (Lipinski definition) is 3. The van der Waals surface area contributed by atoms with Gasteiger partial charge in [-0.2, -0.15) is 0 Å². The Morgan fingerprint density at radius 2 is 1.92 bits per heavy atom. The van der Waals surface area contributed by atoms with Crippen molar-refractivity contribution in [2.24, 2.45) is 0 Å². The number of fused-ring (bicyclic) bond motifs is 1. The number of carbonyl (C=O) groups is 1. The normalized spacial score (nSPS) is 10.7. The molecule has 0 atom stereocenters. The fourth-order valence-corrected chi connectivity index (χ4v) is 2.59. The number of aromatic amines is 2. The Kier molecular flexibility index (Phi) is 4.65. The van der Waals surface area contributed by atoms with Crippen molar-refractivity contribution in [3.63, 3.8) is 0 Å². The van der Waals surface area contributed by atoms with Gasteiger partial charge in [0, 0.05) is 12.1 Å². The van der Waals surface area contributed by atoms with E-state index in [2.05, 4.69) is 15.3 Å². The van der Waals surface area contributed by atoms with Crippen molar-refractivity contribution >= 4 is 22.6 Å². The molecule has 0 spiro atoms. The molecule has 2 aromatic carbocycles. The minimum absolute atomic E-state index is 0.0847. The van der Waals surface area contributed by atoms with Crippen LogP contribution >= 0.6 is 0 Å². The highest BCUT2D eigenvalue weighted by Crippen LogP contribution is 2.20. The van der Waals surface area contributed by atoms with E-state index in [9.17, 15) is 9.59 Å². The summed E-state index contributed by atoms with van der Waals surface area (Å²) in [6, 6.07) is 13.0. The summed E-state index contributed by atoms with van der Waals surface area (Å²) < 4.78 is 5.57. The maximum atomic E-state index is 12.2. The van der Waals surface area contributed by atoms with E-state index < -0.39 is 0 Å². The molecule has 24 heavy (non-hydrogen) atoms. The third kappa shape index (κ3) is 3.65. The quantitative estimate of drug-likeness (QED) is 0.651. The first-order valence-corrected chi connectivity index (χ1v) is 7.88. The van der Waals surface area contributed by atoms with Crippen LogP contribution in [0, 0.1) is 0 Å². The molecular formula is C18H19N3O3. The summed E-state index contributed by atoms with van der Waals surface area (Å²) in [7, 11) is 0. The molecule has 0 saturated heterocycles. The number of amides is 1. The topological polar surface area (TPSA) is 87.0 Å². The van der Waals surface area contributed by atoms with Crippen LogP contribution in [0.5, 0.6) is 5.75 Å². The number of nitrogens with one attached hydrogen (secondary N) is 3. The summed E-state index contributed by atoms with van der Waals surface area (Å²) in [6.07, 6.45) is 0.955. The van der Waals surface area contributed by atoms with Crippen LogP contribution in [0.4, 0.5) is 5.69 Å². The van der Waals surface area contributed by atoms with E-state index in [0.717, 1.165) is 11.3 Å². The molecule has 1 aromatic heterocycles. The average Bonchev–Trinajstić information content (AvgIpc) is 2.93. The number of H-pyrrole nitrogens is 2. The lowest BCUT2D eigenvalue weighted by atomic mass is 10.1. The monoisotopic (exact) mass is 325 g/mol. The highest BCUT2D eigenvalue weighted by molar-refractivity contribution is 5.93. The number of rotatable bonds is 6. The molecule has 0 aliphatic heterocycles. The molecule has 3 N–H and O–H groups in total. The summed E-state index contributed by atoms with van der Waals surface area (Å²) >= 11 is 0. The van der Waals surface area contributed by atoms with Crippen molar-refractivity contribution in [2.75, 3.05) is 11.9 Å². The first-order valence-electron chi connectivity index (χ1n) is 7.88. The van der Waals surface area contributed by atoms with Crippen LogP contribution in [0.15, 0.2) is 47.3 Å². The number of benzene rings is 2. The van der Waals surface area contributed by atoms with E-state index in [4.69, 9.17) is 4.74 Å². The molecule has 1 heterocycles. The van der Waals surface area contributed by atoms with Crippen LogP contribution in [0.2, 0.25) is 0 Å². The van der Waals surface area contributed by atoms with Crippen molar-refractivity contribution in [3.8, 4) is 5.75 Å². The fraction of sp³-hybridized carbons (Fsp3) is 0.222. The number of aryl methyl sites for hydroxylation is 1. The number of anilines is 1. The highest BCUT2D eigenvalue weighted by Gasteiger charge is 2.08. The Morgan fingerprint density at radius 1 is 1.12 bits per heavy atom. The fourth-order valence-electron chi connectivity index (χ4n) is 2.59. The Bertz CT molecular complexity index is 911. The lowest BCUT2D eigenvalue weighted by Gasteiger charge is -2.10. The van der Waals surface area contributed by atoms with Crippen molar-refractivity contribution in [1.29, 1.82) is 0 Å². The predicted molar refractivity (Wildman–Crippen MR) is 93.5 cm³/mol. The van der Waals surface area contributed by atoms with Crippen LogP contribution in [0.3, 0.4) is 0 Å². The van der Waals surface area contributed by atoms with Crippen molar-refractivity contribution in [3.05, 3.63) is 58.5 Å². The number of imidazole rings is 1. The minimum Gasteiger partial charge on any atom is -0.494 e. The molecule has 0 bridgehead atoms. The molecule has 0 aliphatic rings. The maximum absolute atomic E-state index is 12.2. The molecular weight excluding hydrogens is 306 g/mol. The Hall–Kier alpha value is -3.02. The van der Waals surface area contributed by atoms with Gasteiger partial charge in [-0.15, -0.1) is 0 Å². The second kappa shape index (κ2) is 7.04. The third-order valence-electron chi connectivity index (χ3n) is 3.69. The molecule has 1 amide bonds. The van der Waals surface area contributed by atoms with E-state index in [1.807, 2.05) is 31.2 Å². The summed E-state index contributed by atoms with van der Waals surface area (Å²) in [5.41, 5.74) is 2.78. The molecule has 3 aromatic rings. The maximum Gasteiger partial charge on any atom is 0.323 e. The average molecular weight is 325 g/mol. The van der Waals surface area contributed by atoms with Gasteiger partial charge in [0.1, 0.15) is 5.75 Å². The van der Waals surface area contributed by atoms with Crippen LogP contribution in [-0.2, 0) is 11.2 Å². The van der Waals surface area contributed by atoms with E-state index in [-0.39, 0.29) is 11.6 Å². The number of para-hydroxylation sites is 1. The van der Waals surface area contributed by atoms with Gasteiger partial charge in [-0.3, -0.25) is 4.79 Å². The summed E-state index contributed by atoms with van der Waals surface area (Å²) in [6.45, 7) is 2.53. The Labute approximate surface area is 138 Å². The van der Waals surface area contributed by atoms with Crippen LogP contribution in [-0.4, -0.2) is 22.5 Å². The molecule has 3 rings (SSSR count). The highest BCUT2D eigenvalue weighted by atomic mass is 16.5. The smallest absolute Gasteiger partial charge is 0.323 e. The van der Waals surface area contributed by atoms with Crippen molar-refractivity contribution < 1.29 is 9.53 Å². The van der Waals surface area contributed by atoms with E-state index in [0.29, 0.717) is 36.2 Å². The predicted octanol–water partition coefficient (Wildman–Crippen LogP) is 2.83. The molecule has 124 valence electrons. The van der Waals surface area contributed by atoms with Crippen LogP contribution < -0.4 is 15.7 Å². The zero-order valence-electron chi connectivity index (χ0n) is 13.4. The number of aromatic nitrogens is 2. The molecule has 0 aliphatic carbocycles. The van der Waals surface area contributed by atoms with Crippen LogP contribution in [0.1, 0.15) is 18.9 Å². The molecule has 0 saturated carbocycles. The Morgan fingerprint density at radius 3 is 2.75 bits per heavy atom. The largest absolute Gasteiger partial charge is 0.494 e. The van der Waals surface area contributed by atoms with Gasteiger partial charge in [-0.25, -0.2) is 4.79 Å². The van der Waals surface area contributed by atoms with Gasteiger partial charge >= 0.3 is 5.69 Å². The SMILES string of the molecule is CCOc1ccccc1CCC(=O)Nc1ccc2[nH]c(=O)[nH]c2c1. The minimum atomic E-state index is -0.263. The number of hydrogen-bond donors (Lipinski definition) is 3. The summed E-state index contributed by atoms with van der Waals surface area (Å²) in [5.74, 6) is 0.734. The zero-order valence-corrected chi connectivity index (χ0v) is 13.4.